The van der Waals surface area contributed by atoms with Gasteiger partial charge in [0.1, 0.15) is 5.82 Å². The fourth-order valence-electron chi connectivity index (χ4n) is 1.89. The molecule has 0 saturated heterocycles. The Morgan fingerprint density at radius 2 is 1.90 bits per heavy atom. The van der Waals surface area contributed by atoms with Gasteiger partial charge in [0.2, 0.25) is 0 Å². The van der Waals surface area contributed by atoms with E-state index in [1.54, 1.807) is 29.2 Å². The van der Waals surface area contributed by atoms with E-state index < -0.39 is 0 Å². The minimum absolute atomic E-state index is 0.277. The molecular formula is C16H14N4O. The molecule has 104 valence electrons. The maximum Gasteiger partial charge on any atom is 0.277 e. The molecule has 0 aliphatic rings. The highest BCUT2D eigenvalue weighted by Gasteiger charge is 2.10. The van der Waals surface area contributed by atoms with E-state index >= 15 is 0 Å². The number of anilines is 1. The number of nitrogens with zero attached hydrogens (tertiary/aromatic N) is 3. The molecule has 3 rings (SSSR count). The van der Waals surface area contributed by atoms with Crippen LogP contribution in [-0.4, -0.2) is 20.7 Å². The van der Waals surface area contributed by atoms with E-state index in [1.807, 2.05) is 43.3 Å². The number of carbonyl (C=O) groups excluding carboxylic acids is 1. The third-order valence-electron chi connectivity index (χ3n) is 3.00. The van der Waals surface area contributed by atoms with Crippen molar-refractivity contribution in [2.24, 2.45) is 0 Å². The summed E-state index contributed by atoms with van der Waals surface area (Å²) in [6, 6.07) is 15.0. The number of carbonyl (C=O) groups is 1. The fourth-order valence-corrected chi connectivity index (χ4v) is 1.89. The SMILES string of the molecule is Cc1ccc(NC(=O)c2ccn(-c3ccccc3)n2)nc1. The molecule has 1 aromatic carbocycles. The van der Waals surface area contributed by atoms with Crippen LogP contribution in [0.4, 0.5) is 5.82 Å². The molecule has 1 N–H and O–H groups in total. The highest BCUT2D eigenvalue weighted by atomic mass is 16.2. The van der Waals surface area contributed by atoms with Crippen molar-refractivity contribution in [3.8, 4) is 5.69 Å². The van der Waals surface area contributed by atoms with Crippen LogP contribution in [0.15, 0.2) is 60.9 Å². The number of benzene rings is 1. The van der Waals surface area contributed by atoms with Crippen molar-refractivity contribution >= 4 is 11.7 Å². The lowest BCUT2D eigenvalue weighted by Crippen LogP contribution is -2.14. The van der Waals surface area contributed by atoms with Crippen LogP contribution < -0.4 is 5.32 Å². The Morgan fingerprint density at radius 3 is 2.62 bits per heavy atom. The predicted molar refractivity (Wildman–Crippen MR) is 80.5 cm³/mol. The third kappa shape index (κ3) is 2.97. The molecule has 0 saturated carbocycles. The zero-order valence-electron chi connectivity index (χ0n) is 11.5. The van der Waals surface area contributed by atoms with Crippen molar-refractivity contribution in [2.45, 2.75) is 6.92 Å². The van der Waals surface area contributed by atoms with E-state index in [1.165, 1.54) is 0 Å². The Morgan fingerprint density at radius 1 is 1.10 bits per heavy atom. The maximum atomic E-state index is 12.1. The summed E-state index contributed by atoms with van der Waals surface area (Å²) in [4.78, 5) is 16.3. The van der Waals surface area contributed by atoms with Crippen LogP contribution in [0.1, 0.15) is 16.1 Å². The Labute approximate surface area is 122 Å². The van der Waals surface area contributed by atoms with Crippen molar-refractivity contribution in [3.63, 3.8) is 0 Å². The molecule has 0 radical (unpaired) electrons. The van der Waals surface area contributed by atoms with Crippen LogP contribution in [0.3, 0.4) is 0 Å². The molecule has 5 nitrogen and oxygen atoms in total. The van der Waals surface area contributed by atoms with E-state index in [0.717, 1.165) is 11.3 Å². The lowest BCUT2D eigenvalue weighted by Gasteiger charge is -2.02. The number of amides is 1. The first-order valence-electron chi connectivity index (χ1n) is 6.57. The summed E-state index contributed by atoms with van der Waals surface area (Å²) in [5.41, 5.74) is 2.30. The normalized spacial score (nSPS) is 10.3. The van der Waals surface area contributed by atoms with Crippen LogP contribution >= 0.6 is 0 Å². The summed E-state index contributed by atoms with van der Waals surface area (Å²) in [6.45, 7) is 1.94. The van der Waals surface area contributed by atoms with Crippen LogP contribution in [0.25, 0.3) is 5.69 Å². The van der Waals surface area contributed by atoms with Crippen molar-refractivity contribution < 1.29 is 4.79 Å². The van der Waals surface area contributed by atoms with Crippen LogP contribution in [0, 0.1) is 6.92 Å². The maximum absolute atomic E-state index is 12.1. The van der Waals surface area contributed by atoms with E-state index in [4.69, 9.17) is 0 Å². The molecule has 0 fully saturated rings. The molecule has 0 aliphatic heterocycles. The highest BCUT2D eigenvalue weighted by molar-refractivity contribution is 6.02. The average molecular weight is 278 g/mol. The molecular weight excluding hydrogens is 264 g/mol. The molecule has 3 aromatic rings. The Kier molecular flexibility index (Phi) is 3.47. The van der Waals surface area contributed by atoms with Gasteiger partial charge in [0.25, 0.3) is 5.91 Å². The van der Waals surface area contributed by atoms with Gasteiger partial charge >= 0.3 is 0 Å². The smallest absolute Gasteiger partial charge is 0.277 e. The lowest BCUT2D eigenvalue weighted by molar-refractivity contribution is 0.102. The number of aryl methyl sites for hydroxylation is 1. The van der Waals surface area contributed by atoms with Gasteiger partial charge in [-0.2, -0.15) is 5.10 Å². The van der Waals surface area contributed by atoms with Crippen molar-refractivity contribution in [3.05, 3.63) is 72.2 Å². The van der Waals surface area contributed by atoms with Crippen molar-refractivity contribution in [1.82, 2.24) is 14.8 Å². The third-order valence-corrected chi connectivity index (χ3v) is 3.00. The van der Waals surface area contributed by atoms with Gasteiger partial charge in [-0.15, -0.1) is 0 Å². The van der Waals surface area contributed by atoms with Crippen LogP contribution in [-0.2, 0) is 0 Å². The second-order valence-electron chi connectivity index (χ2n) is 4.66. The Bertz CT molecular complexity index is 747. The topological polar surface area (TPSA) is 59.8 Å². The number of hydrogen-bond acceptors (Lipinski definition) is 3. The molecule has 21 heavy (non-hydrogen) atoms. The largest absolute Gasteiger partial charge is 0.305 e. The minimum Gasteiger partial charge on any atom is -0.305 e. The zero-order chi connectivity index (χ0) is 14.7. The second kappa shape index (κ2) is 5.58. The van der Waals surface area contributed by atoms with E-state index in [0.29, 0.717) is 11.5 Å². The van der Waals surface area contributed by atoms with Gasteiger partial charge in [-0.05, 0) is 36.8 Å². The summed E-state index contributed by atoms with van der Waals surface area (Å²) in [5, 5.41) is 7.00. The Hall–Kier alpha value is -2.95. The van der Waals surface area contributed by atoms with Crippen molar-refractivity contribution in [1.29, 1.82) is 0 Å². The van der Waals surface area contributed by atoms with Gasteiger partial charge in [-0.25, -0.2) is 9.67 Å². The van der Waals surface area contributed by atoms with Crippen LogP contribution in [0.2, 0.25) is 0 Å². The van der Waals surface area contributed by atoms with E-state index in [9.17, 15) is 4.79 Å². The van der Waals surface area contributed by atoms with Gasteiger partial charge in [-0.3, -0.25) is 4.79 Å². The standard InChI is InChI=1S/C16H14N4O/c1-12-7-8-15(17-11-12)18-16(21)14-9-10-20(19-14)13-5-3-2-4-6-13/h2-11H,1H3,(H,17,18,21). The molecule has 0 spiro atoms. The first-order valence-corrected chi connectivity index (χ1v) is 6.57. The predicted octanol–water partition coefficient (Wildman–Crippen LogP) is 2.83. The average Bonchev–Trinajstić information content (AvgIpc) is 3.00. The molecule has 0 bridgehead atoms. The van der Waals surface area contributed by atoms with Crippen LogP contribution in [0.5, 0.6) is 0 Å². The number of para-hydroxylation sites is 1. The molecule has 0 unspecified atom stereocenters. The minimum atomic E-state index is -0.277. The first kappa shape index (κ1) is 13.1. The summed E-state index contributed by atoms with van der Waals surface area (Å²) in [7, 11) is 0. The molecule has 0 atom stereocenters. The number of pyridine rings is 1. The molecule has 2 aromatic heterocycles. The zero-order valence-corrected chi connectivity index (χ0v) is 11.5. The van der Waals surface area contributed by atoms with Gasteiger partial charge in [0.15, 0.2) is 5.69 Å². The Balaban J connectivity index is 1.77. The van der Waals surface area contributed by atoms with Gasteiger partial charge < -0.3 is 5.32 Å². The molecule has 2 heterocycles. The number of hydrogen-bond donors (Lipinski definition) is 1. The van der Waals surface area contributed by atoms with Gasteiger partial charge in [0.05, 0.1) is 5.69 Å². The molecule has 1 amide bonds. The number of rotatable bonds is 3. The lowest BCUT2D eigenvalue weighted by atomic mass is 10.3. The monoisotopic (exact) mass is 278 g/mol. The quantitative estimate of drug-likeness (QED) is 0.801. The summed E-state index contributed by atoms with van der Waals surface area (Å²) in [5.74, 6) is 0.237. The molecule has 0 aliphatic carbocycles. The first-order chi connectivity index (χ1) is 10.2. The van der Waals surface area contributed by atoms with E-state index in [-0.39, 0.29) is 5.91 Å². The summed E-state index contributed by atoms with van der Waals surface area (Å²) >= 11 is 0. The van der Waals surface area contributed by atoms with E-state index in [2.05, 4.69) is 15.4 Å². The molecule has 5 heteroatoms. The number of nitrogens with one attached hydrogen (secondary N) is 1. The summed E-state index contributed by atoms with van der Waals surface area (Å²) < 4.78 is 1.66. The number of aromatic nitrogens is 3. The van der Waals surface area contributed by atoms with Gasteiger partial charge in [0, 0.05) is 12.4 Å². The van der Waals surface area contributed by atoms with Gasteiger partial charge in [-0.1, -0.05) is 24.3 Å². The fraction of sp³-hybridized carbons (Fsp3) is 0.0625. The summed E-state index contributed by atoms with van der Waals surface area (Å²) in [6.07, 6.45) is 3.46. The van der Waals surface area contributed by atoms with Crippen molar-refractivity contribution in [2.75, 3.05) is 5.32 Å². The second-order valence-corrected chi connectivity index (χ2v) is 4.66. The highest BCUT2D eigenvalue weighted by Crippen LogP contribution is 2.09.